The molecular weight excluding hydrogens is 230 g/mol. The first-order chi connectivity index (χ1) is 9.31. The highest BCUT2D eigenvalue weighted by Crippen LogP contribution is 2.35. The molecule has 0 bridgehead atoms. The molecule has 1 aliphatic rings. The second kappa shape index (κ2) is 7.69. The molecule has 0 spiro atoms. The second-order valence-electron chi connectivity index (χ2n) is 6.11. The van der Waals surface area contributed by atoms with Gasteiger partial charge >= 0.3 is 0 Å². The Morgan fingerprint density at radius 1 is 1.21 bits per heavy atom. The summed E-state index contributed by atoms with van der Waals surface area (Å²) in [6.07, 6.45) is 8.17. The molecule has 3 atom stereocenters. The SMILES string of the molecule is CCNC(CCCc1ccccc1)C1CCCC1C. The maximum atomic E-state index is 3.74. The molecular formula is C18H29N. The van der Waals surface area contributed by atoms with E-state index in [4.69, 9.17) is 0 Å². The second-order valence-corrected chi connectivity index (χ2v) is 6.11. The first-order valence-electron chi connectivity index (χ1n) is 8.08. The maximum Gasteiger partial charge on any atom is 0.00978 e. The van der Waals surface area contributed by atoms with Gasteiger partial charge in [-0.1, -0.05) is 57.0 Å². The van der Waals surface area contributed by atoms with Gasteiger partial charge < -0.3 is 5.32 Å². The van der Waals surface area contributed by atoms with Crippen LogP contribution in [-0.4, -0.2) is 12.6 Å². The van der Waals surface area contributed by atoms with E-state index < -0.39 is 0 Å². The largest absolute Gasteiger partial charge is 0.314 e. The number of nitrogens with one attached hydrogen (secondary N) is 1. The topological polar surface area (TPSA) is 12.0 Å². The third kappa shape index (κ3) is 4.35. The Labute approximate surface area is 118 Å². The monoisotopic (exact) mass is 259 g/mol. The van der Waals surface area contributed by atoms with Gasteiger partial charge in [-0.15, -0.1) is 0 Å². The molecule has 106 valence electrons. The third-order valence-corrected chi connectivity index (χ3v) is 4.73. The molecule has 1 nitrogen and oxygen atoms in total. The van der Waals surface area contributed by atoms with Gasteiger partial charge in [-0.25, -0.2) is 0 Å². The van der Waals surface area contributed by atoms with E-state index in [-0.39, 0.29) is 0 Å². The van der Waals surface area contributed by atoms with Gasteiger partial charge in [0, 0.05) is 6.04 Å². The predicted octanol–water partition coefficient (Wildman–Crippen LogP) is 4.42. The van der Waals surface area contributed by atoms with Crippen molar-refractivity contribution in [1.29, 1.82) is 0 Å². The Morgan fingerprint density at radius 2 is 2.00 bits per heavy atom. The predicted molar refractivity (Wildman–Crippen MR) is 83.3 cm³/mol. The van der Waals surface area contributed by atoms with Crippen LogP contribution < -0.4 is 5.32 Å². The zero-order chi connectivity index (χ0) is 13.5. The van der Waals surface area contributed by atoms with Crippen LogP contribution in [0.15, 0.2) is 30.3 Å². The van der Waals surface area contributed by atoms with Crippen molar-refractivity contribution < 1.29 is 0 Å². The highest BCUT2D eigenvalue weighted by atomic mass is 14.9. The fourth-order valence-electron chi connectivity index (χ4n) is 3.67. The minimum absolute atomic E-state index is 0.742. The summed E-state index contributed by atoms with van der Waals surface area (Å²) >= 11 is 0. The van der Waals surface area contributed by atoms with Crippen LogP contribution >= 0.6 is 0 Å². The zero-order valence-corrected chi connectivity index (χ0v) is 12.6. The highest BCUT2D eigenvalue weighted by molar-refractivity contribution is 5.14. The molecule has 1 N–H and O–H groups in total. The van der Waals surface area contributed by atoms with Crippen molar-refractivity contribution in [2.45, 2.75) is 58.4 Å². The minimum Gasteiger partial charge on any atom is -0.314 e. The summed E-state index contributed by atoms with van der Waals surface area (Å²) in [5.41, 5.74) is 1.48. The van der Waals surface area contributed by atoms with Gasteiger partial charge in [0.05, 0.1) is 0 Å². The Bertz CT molecular complexity index is 346. The van der Waals surface area contributed by atoms with Crippen molar-refractivity contribution in [3.05, 3.63) is 35.9 Å². The molecule has 0 amide bonds. The maximum absolute atomic E-state index is 3.74. The summed E-state index contributed by atoms with van der Waals surface area (Å²) < 4.78 is 0. The van der Waals surface area contributed by atoms with E-state index in [1.807, 2.05) is 0 Å². The van der Waals surface area contributed by atoms with Crippen molar-refractivity contribution in [1.82, 2.24) is 5.32 Å². The molecule has 0 aromatic heterocycles. The molecule has 1 aliphatic carbocycles. The Kier molecular flexibility index (Phi) is 5.91. The summed E-state index contributed by atoms with van der Waals surface area (Å²) in [6, 6.07) is 11.6. The molecule has 1 aromatic rings. The van der Waals surface area contributed by atoms with Crippen molar-refractivity contribution in [3.63, 3.8) is 0 Å². The van der Waals surface area contributed by atoms with Crippen molar-refractivity contribution in [2.75, 3.05) is 6.54 Å². The van der Waals surface area contributed by atoms with E-state index in [0.717, 1.165) is 24.4 Å². The zero-order valence-electron chi connectivity index (χ0n) is 12.6. The van der Waals surface area contributed by atoms with E-state index >= 15 is 0 Å². The molecule has 19 heavy (non-hydrogen) atoms. The van der Waals surface area contributed by atoms with Gasteiger partial charge in [0.15, 0.2) is 0 Å². The Balaban J connectivity index is 1.80. The fraction of sp³-hybridized carbons (Fsp3) is 0.667. The van der Waals surface area contributed by atoms with Crippen LogP contribution in [0, 0.1) is 11.8 Å². The fourth-order valence-corrected chi connectivity index (χ4v) is 3.67. The van der Waals surface area contributed by atoms with Crippen molar-refractivity contribution >= 4 is 0 Å². The first kappa shape index (κ1) is 14.6. The first-order valence-corrected chi connectivity index (χ1v) is 8.08. The molecule has 1 heteroatoms. The van der Waals surface area contributed by atoms with Crippen LogP contribution in [0.3, 0.4) is 0 Å². The lowest BCUT2D eigenvalue weighted by molar-refractivity contribution is 0.283. The van der Waals surface area contributed by atoms with Crippen LogP contribution in [0.2, 0.25) is 0 Å². The van der Waals surface area contributed by atoms with E-state index in [1.54, 1.807) is 0 Å². The van der Waals surface area contributed by atoms with Crippen LogP contribution in [0.1, 0.15) is 51.5 Å². The number of benzene rings is 1. The molecule has 1 aromatic carbocycles. The lowest BCUT2D eigenvalue weighted by Gasteiger charge is -2.27. The van der Waals surface area contributed by atoms with Crippen molar-refractivity contribution in [2.24, 2.45) is 11.8 Å². The van der Waals surface area contributed by atoms with Crippen LogP contribution in [0.25, 0.3) is 0 Å². The third-order valence-electron chi connectivity index (χ3n) is 4.73. The molecule has 1 saturated carbocycles. The Hall–Kier alpha value is -0.820. The van der Waals surface area contributed by atoms with E-state index in [2.05, 4.69) is 49.5 Å². The quantitative estimate of drug-likeness (QED) is 0.764. The summed E-state index contributed by atoms with van der Waals surface area (Å²) in [7, 11) is 0. The molecule has 0 aliphatic heterocycles. The molecule has 0 radical (unpaired) electrons. The molecule has 0 heterocycles. The number of aryl methyl sites for hydroxylation is 1. The molecule has 0 saturated heterocycles. The average Bonchev–Trinajstić information content (AvgIpc) is 2.85. The van der Waals surface area contributed by atoms with E-state index in [1.165, 1.54) is 44.1 Å². The Morgan fingerprint density at radius 3 is 2.63 bits per heavy atom. The van der Waals surface area contributed by atoms with Crippen molar-refractivity contribution in [3.8, 4) is 0 Å². The molecule has 1 fully saturated rings. The lowest BCUT2D eigenvalue weighted by atomic mass is 9.87. The van der Waals surface area contributed by atoms with Crippen LogP contribution in [-0.2, 0) is 6.42 Å². The summed E-state index contributed by atoms with van der Waals surface area (Å²) in [5.74, 6) is 1.83. The lowest BCUT2D eigenvalue weighted by Crippen LogP contribution is -2.37. The highest BCUT2D eigenvalue weighted by Gasteiger charge is 2.29. The van der Waals surface area contributed by atoms with Gasteiger partial charge in [0.25, 0.3) is 0 Å². The number of hydrogen-bond donors (Lipinski definition) is 1. The average molecular weight is 259 g/mol. The van der Waals surface area contributed by atoms with Gasteiger partial charge in [-0.2, -0.15) is 0 Å². The van der Waals surface area contributed by atoms with Gasteiger partial charge in [-0.3, -0.25) is 0 Å². The standard InChI is InChI=1S/C18H29N/c1-3-19-18(17-13-7-9-15(17)2)14-8-12-16-10-5-4-6-11-16/h4-6,10-11,15,17-19H,3,7-9,12-14H2,1-2H3. The summed E-state index contributed by atoms with van der Waals surface area (Å²) in [6.45, 7) is 5.79. The summed E-state index contributed by atoms with van der Waals surface area (Å²) in [5, 5.41) is 3.74. The molecule has 3 unspecified atom stereocenters. The molecule has 2 rings (SSSR count). The van der Waals surface area contributed by atoms with Crippen LogP contribution in [0.4, 0.5) is 0 Å². The van der Waals surface area contributed by atoms with Gasteiger partial charge in [-0.05, 0) is 49.6 Å². The van der Waals surface area contributed by atoms with Gasteiger partial charge in [0.2, 0.25) is 0 Å². The van der Waals surface area contributed by atoms with E-state index in [0.29, 0.717) is 0 Å². The minimum atomic E-state index is 0.742. The number of rotatable bonds is 7. The summed E-state index contributed by atoms with van der Waals surface area (Å²) in [4.78, 5) is 0. The normalized spacial score (nSPS) is 24.5. The van der Waals surface area contributed by atoms with Gasteiger partial charge in [0.1, 0.15) is 0 Å². The smallest absolute Gasteiger partial charge is 0.00978 e. The van der Waals surface area contributed by atoms with Crippen LogP contribution in [0.5, 0.6) is 0 Å². The van der Waals surface area contributed by atoms with E-state index in [9.17, 15) is 0 Å². The number of hydrogen-bond acceptors (Lipinski definition) is 1.